The highest BCUT2D eigenvalue weighted by atomic mass is 16.6. The number of nitrogens with zero attached hydrogens (tertiary/aromatic N) is 2. The van der Waals surface area contributed by atoms with Crippen LogP contribution >= 0.6 is 0 Å². The number of unbranched alkanes of at least 4 members (excludes halogenated alkanes) is 1. The standard InChI is InChI=1S/C57H92B2N12O12/c1-12-39-42(30-64-50(72)26-47(60)52(74)66-28-35-19-21-37(33-70(8)9)45(24-35)58(79)80)40(13-2)44(32-68-55(77)69-49(54(76)62-15-4)18-16-17-23-63-56(78)83-57(5,6)7)41(14-3)43(39)31-65-51(73)27-48(61)53(75)67-29-36-20-22-38(34-71(10)11)46(25-36)59(81)82/h19-22,24-25,47-49,79-82H,12-18,23,26-34,60-61H2,1-11H3,(H,62,76)(H,63,78)(H,64,72)(H,65,73)(H,66,74)(H,67,75)(H2,68,69,77). The van der Waals surface area contributed by atoms with Gasteiger partial charge in [0.1, 0.15) is 11.6 Å². The van der Waals surface area contributed by atoms with Crippen molar-refractivity contribution in [3.05, 3.63) is 92.0 Å². The Morgan fingerprint density at radius 1 is 0.554 bits per heavy atom. The Bertz CT molecular complexity index is 2540. The molecule has 0 fully saturated rings. The highest BCUT2D eigenvalue weighted by Crippen LogP contribution is 2.31. The van der Waals surface area contributed by atoms with E-state index >= 15 is 0 Å². The maximum atomic E-state index is 13.8. The number of rotatable bonds is 33. The average Bonchev–Trinajstić information content (AvgIpc) is 3.62. The fraction of sp³-hybridized carbons (Fsp3) is 0.561. The van der Waals surface area contributed by atoms with Crippen molar-refractivity contribution >= 4 is 66.8 Å². The van der Waals surface area contributed by atoms with Crippen molar-refractivity contribution in [2.45, 2.75) is 169 Å². The molecule has 458 valence electrons. The molecule has 83 heavy (non-hydrogen) atoms. The molecular formula is C57H92B2N12O12. The Balaban J connectivity index is 1.89. The molecule has 26 heteroatoms. The van der Waals surface area contributed by atoms with E-state index in [4.69, 9.17) is 16.2 Å². The molecule has 0 saturated heterocycles. The third kappa shape index (κ3) is 23.9. The van der Waals surface area contributed by atoms with E-state index in [-0.39, 0.29) is 57.9 Å². The summed E-state index contributed by atoms with van der Waals surface area (Å²) in [6.07, 6.45) is 1.31. The molecule has 0 saturated carbocycles. The SMILES string of the molecule is CCNC(=O)C(CCCCNC(=O)OC(C)(C)C)NC(=O)NCc1c(CC)c(CNC(=O)CC(N)C(=O)NCc2ccc(CN(C)C)c(B(O)O)c2)c(CC)c(CNC(=O)CC(N)C(=O)NCc2ccc(CN(C)C)c(B(O)O)c2)c1CC. The predicted molar refractivity (Wildman–Crippen MR) is 320 cm³/mol. The van der Waals surface area contributed by atoms with E-state index in [1.165, 1.54) is 0 Å². The molecule has 3 aromatic carbocycles. The van der Waals surface area contributed by atoms with Gasteiger partial charge in [0.15, 0.2) is 0 Å². The first-order chi connectivity index (χ1) is 39.1. The molecule has 3 atom stereocenters. The van der Waals surface area contributed by atoms with E-state index < -0.39 is 73.7 Å². The minimum atomic E-state index is -1.73. The largest absolute Gasteiger partial charge is 0.488 e. The number of benzene rings is 3. The van der Waals surface area contributed by atoms with E-state index in [0.29, 0.717) is 91.5 Å². The van der Waals surface area contributed by atoms with Gasteiger partial charge >= 0.3 is 26.4 Å². The highest BCUT2D eigenvalue weighted by Gasteiger charge is 2.27. The van der Waals surface area contributed by atoms with E-state index in [1.54, 1.807) is 64.1 Å². The van der Waals surface area contributed by atoms with Crippen LogP contribution in [0.5, 0.6) is 0 Å². The lowest BCUT2D eigenvalue weighted by molar-refractivity contribution is -0.127. The lowest BCUT2D eigenvalue weighted by Crippen LogP contribution is -2.50. The van der Waals surface area contributed by atoms with Crippen molar-refractivity contribution in [2.75, 3.05) is 41.3 Å². The van der Waals surface area contributed by atoms with Gasteiger partial charge in [0.25, 0.3) is 0 Å². The summed E-state index contributed by atoms with van der Waals surface area (Å²) in [4.78, 5) is 96.7. The molecular weight excluding hydrogens is 1070 g/mol. The Morgan fingerprint density at radius 2 is 0.976 bits per heavy atom. The Hall–Kier alpha value is -6.64. The van der Waals surface area contributed by atoms with Gasteiger partial charge in [0.2, 0.25) is 29.5 Å². The molecule has 0 heterocycles. The first kappa shape index (κ1) is 70.6. The Kier molecular flexibility index (Phi) is 29.6. The third-order valence-corrected chi connectivity index (χ3v) is 13.5. The summed E-state index contributed by atoms with van der Waals surface area (Å²) in [6, 6.07) is 6.18. The number of nitrogens with one attached hydrogen (secondary N) is 8. The number of ether oxygens (including phenoxy) is 1. The van der Waals surface area contributed by atoms with Crippen molar-refractivity contribution in [1.29, 1.82) is 0 Å². The highest BCUT2D eigenvalue weighted by molar-refractivity contribution is 6.59. The van der Waals surface area contributed by atoms with Gasteiger partial charge < -0.3 is 88.6 Å². The van der Waals surface area contributed by atoms with Gasteiger partial charge in [-0.25, -0.2) is 9.59 Å². The number of hydrogen-bond donors (Lipinski definition) is 14. The molecule has 8 amide bonds. The number of alkyl carbamates (subject to hydrolysis) is 1. The van der Waals surface area contributed by atoms with Crippen LogP contribution in [-0.2, 0) is 93.8 Å². The molecule has 0 aromatic heterocycles. The van der Waals surface area contributed by atoms with Gasteiger partial charge in [0, 0.05) is 58.9 Å². The van der Waals surface area contributed by atoms with Gasteiger partial charge in [-0.15, -0.1) is 0 Å². The number of carbonyl (C=O) groups is 7. The van der Waals surface area contributed by atoms with E-state index in [2.05, 4.69) is 42.5 Å². The van der Waals surface area contributed by atoms with Gasteiger partial charge in [-0.2, -0.15) is 0 Å². The normalized spacial score (nSPS) is 12.4. The second kappa shape index (κ2) is 34.8. The van der Waals surface area contributed by atoms with Crippen molar-refractivity contribution in [3.8, 4) is 0 Å². The molecule has 0 aliphatic rings. The summed E-state index contributed by atoms with van der Waals surface area (Å²) < 4.78 is 5.30. The van der Waals surface area contributed by atoms with Crippen LogP contribution in [-0.4, -0.2) is 151 Å². The third-order valence-electron chi connectivity index (χ3n) is 13.5. The fourth-order valence-electron chi connectivity index (χ4n) is 9.64. The Morgan fingerprint density at radius 3 is 1.35 bits per heavy atom. The van der Waals surface area contributed by atoms with Crippen LogP contribution in [0.1, 0.15) is 136 Å². The van der Waals surface area contributed by atoms with Crippen LogP contribution in [0.2, 0.25) is 0 Å². The fourth-order valence-corrected chi connectivity index (χ4v) is 9.64. The number of carbonyl (C=O) groups excluding carboxylic acids is 7. The zero-order chi connectivity index (χ0) is 62.1. The molecule has 0 radical (unpaired) electrons. The van der Waals surface area contributed by atoms with Crippen molar-refractivity contribution < 1.29 is 58.4 Å². The predicted octanol–water partition coefficient (Wildman–Crippen LogP) is -0.845. The van der Waals surface area contributed by atoms with Crippen LogP contribution in [0.3, 0.4) is 0 Å². The lowest BCUT2D eigenvalue weighted by Gasteiger charge is -2.27. The second-order valence-electron chi connectivity index (χ2n) is 22.0. The van der Waals surface area contributed by atoms with E-state index in [1.807, 2.05) is 58.8 Å². The monoisotopic (exact) mass is 1160 g/mol. The number of hydrogen-bond acceptors (Lipinski definition) is 16. The zero-order valence-electron chi connectivity index (χ0n) is 50.5. The summed E-state index contributed by atoms with van der Waals surface area (Å²) in [5.41, 5.74) is 19.7. The summed E-state index contributed by atoms with van der Waals surface area (Å²) in [5.74, 6) is -2.64. The van der Waals surface area contributed by atoms with Crippen LogP contribution in [0, 0.1) is 0 Å². The number of likely N-dealkylation sites (N-methyl/N-ethyl adjacent to an activating group) is 1. The van der Waals surface area contributed by atoms with Crippen molar-refractivity contribution in [2.24, 2.45) is 11.5 Å². The van der Waals surface area contributed by atoms with Crippen molar-refractivity contribution in [1.82, 2.24) is 52.3 Å². The molecule has 0 aliphatic heterocycles. The summed E-state index contributed by atoms with van der Waals surface area (Å²) in [7, 11) is 3.96. The lowest BCUT2D eigenvalue weighted by atomic mass is 9.76. The molecule has 3 rings (SSSR count). The topological polar surface area (TPSA) is 364 Å². The molecule has 0 aliphatic carbocycles. The molecule has 3 aromatic rings. The minimum absolute atomic E-state index is 0.0143. The smallest absolute Gasteiger partial charge is 0.444 e. The molecule has 3 unspecified atom stereocenters. The summed E-state index contributed by atoms with van der Waals surface area (Å²) in [5, 5.41) is 62.6. The molecule has 24 nitrogen and oxygen atoms in total. The van der Waals surface area contributed by atoms with Gasteiger partial charge in [0.05, 0.1) is 24.9 Å². The van der Waals surface area contributed by atoms with Crippen LogP contribution < -0.4 is 64.9 Å². The van der Waals surface area contributed by atoms with Gasteiger partial charge in [-0.3, -0.25) is 24.0 Å². The molecule has 0 bridgehead atoms. The number of nitrogens with two attached hydrogens (primary N) is 2. The first-order valence-electron chi connectivity index (χ1n) is 28.4. The van der Waals surface area contributed by atoms with Gasteiger partial charge in [-0.05, 0) is 161 Å². The van der Waals surface area contributed by atoms with E-state index in [9.17, 15) is 53.7 Å². The molecule has 0 spiro atoms. The van der Waals surface area contributed by atoms with Gasteiger partial charge in [-0.1, -0.05) is 57.2 Å². The van der Waals surface area contributed by atoms with Crippen LogP contribution in [0.15, 0.2) is 36.4 Å². The second-order valence-corrected chi connectivity index (χ2v) is 22.0. The number of amides is 8. The maximum absolute atomic E-state index is 13.8. The van der Waals surface area contributed by atoms with Crippen LogP contribution in [0.4, 0.5) is 9.59 Å². The Labute approximate surface area is 490 Å². The quantitative estimate of drug-likeness (QED) is 0.0261. The zero-order valence-corrected chi connectivity index (χ0v) is 50.5. The average molecular weight is 1160 g/mol. The molecule has 16 N–H and O–H groups in total. The van der Waals surface area contributed by atoms with E-state index in [0.717, 1.165) is 33.4 Å². The van der Waals surface area contributed by atoms with Crippen molar-refractivity contribution in [3.63, 3.8) is 0 Å². The summed E-state index contributed by atoms with van der Waals surface area (Å²) >= 11 is 0. The maximum Gasteiger partial charge on any atom is 0.488 e. The first-order valence-corrected chi connectivity index (χ1v) is 28.4. The van der Waals surface area contributed by atoms with Crippen LogP contribution in [0.25, 0.3) is 0 Å². The summed E-state index contributed by atoms with van der Waals surface area (Å²) in [6.45, 7) is 14.4. The minimum Gasteiger partial charge on any atom is -0.444 e. The number of urea groups is 1.